The summed E-state index contributed by atoms with van der Waals surface area (Å²) in [7, 11) is 0. The van der Waals surface area contributed by atoms with Gasteiger partial charge in [-0.25, -0.2) is 4.39 Å². The highest BCUT2D eigenvalue weighted by Gasteiger charge is 2.16. The van der Waals surface area contributed by atoms with Crippen LogP contribution in [0.4, 0.5) is 15.8 Å². The molecule has 0 aromatic heterocycles. The standard InChI is InChI=1S/C16H15FN2O4/c1-10-3-6-15(14(7-10)19(21)22)23-9-16(20)18-13-8-12(17)5-4-11(13)2/h3-8H,9H2,1-2H3,(H,18,20). The second kappa shape index (κ2) is 6.87. The number of benzene rings is 2. The normalized spacial score (nSPS) is 10.2. The first-order valence-corrected chi connectivity index (χ1v) is 6.80. The zero-order valence-electron chi connectivity index (χ0n) is 12.6. The average Bonchev–Trinajstić information content (AvgIpc) is 2.49. The van der Waals surface area contributed by atoms with E-state index in [4.69, 9.17) is 4.74 Å². The smallest absolute Gasteiger partial charge is 0.311 e. The zero-order chi connectivity index (χ0) is 17.0. The summed E-state index contributed by atoms with van der Waals surface area (Å²) in [4.78, 5) is 22.3. The number of amides is 1. The number of nitro groups is 1. The predicted molar refractivity (Wildman–Crippen MR) is 83.1 cm³/mol. The van der Waals surface area contributed by atoms with Crippen molar-refractivity contribution in [2.75, 3.05) is 11.9 Å². The van der Waals surface area contributed by atoms with Gasteiger partial charge in [-0.1, -0.05) is 12.1 Å². The molecule has 2 aromatic rings. The summed E-state index contributed by atoms with van der Waals surface area (Å²) in [6.45, 7) is 3.02. The van der Waals surface area contributed by atoms with Gasteiger partial charge in [0.25, 0.3) is 5.91 Å². The van der Waals surface area contributed by atoms with Gasteiger partial charge in [0, 0.05) is 11.8 Å². The van der Waals surface area contributed by atoms with E-state index in [0.717, 1.165) is 0 Å². The Morgan fingerprint density at radius 1 is 1.26 bits per heavy atom. The maximum atomic E-state index is 13.2. The summed E-state index contributed by atoms with van der Waals surface area (Å²) in [5.41, 5.74) is 1.53. The molecular weight excluding hydrogens is 303 g/mol. The Kier molecular flexibility index (Phi) is 4.90. The lowest BCUT2D eigenvalue weighted by molar-refractivity contribution is -0.385. The number of ether oxygens (including phenoxy) is 1. The Hall–Kier alpha value is -2.96. The highest BCUT2D eigenvalue weighted by atomic mass is 19.1. The summed E-state index contributed by atoms with van der Waals surface area (Å²) < 4.78 is 18.4. The van der Waals surface area contributed by atoms with E-state index in [1.807, 2.05) is 0 Å². The molecule has 0 spiro atoms. The summed E-state index contributed by atoms with van der Waals surface area (Å²) in [6.07, 6.45) is 0. The van der Waals surface area contributed by atoms with Gasteiger partial charge in [-0.05, 0) is 43.2 Å². The van der Waals surface area contributed by atoms with Gasteiger partial charge in [0.2, 0.25) is 0 Å². The summed E-state index contributed by atoms with van der Waals surface area (Å²) >= 11 is 0. The first-order chi connectivity index (χ1) is 10.9. The van der Waals surface area contributed by atoms with Crippen molar-refractivity contribution in [3.63, 3.8) is 0 Å². The number of halogens is 1. The molecule has 0 radical (unpaired) electrons. The lowest BCUT2D eigenvalue weighted by Gasteiger charge is -2.10. The van der Waals surface area contributed by atoms with Gasteiger partial charge in [0.1, 0.15) is 5.82 Å². The van der Waals surface area contributed by atoms with E-state index in [9.17, 15) is 19.3 Å². The van der Waals surface area contributed by atoms with Crippen LogP contribution in [0.15, 0.2) is 36.4 Å². The largest absolute Gasteiger partial charge is 0.477 e. The minimum Gasteiger partial charge on any atom is -0.477 e. The Morgan fingerprint density at radius 2 is 2.00 bits per heavy atom. The molecule has 7 heteroatoms. The lowest BCUT2D eigenvalue weighted by atomic mass is 10.2. The molecular formula is C16H15FN2O4. The predicted octanol–water partition coefficient (Wildman–Crippen LogP) is 3.37. The van der Waals surface area contributed by atoms with Crippen molar-refractivity contribution < 1.29 is 18.8 Å². The molecule has 0 atom stereocenters. The molecule has 0 aliphatic carbocycles. The number of nitrogens with one attached hydrogen (secondary N) is 1. The quantitative estimate of drug-likeness (QED) is 0.677. The third-order valence-corrected chi connectivity index (χ3v) is 3.14. The molecule has 0 fully saturated rings. The van der Waals surface area contributed by atoms with E-state index >= 15 is 0 Å². The maximum absolute atomic E-state index is 13.2. The number of nitro benzene ring substituents is 1. The van der Waals surface area contributed by atoms with E-state index in [1.54, 1.807) is 19.9 Å². The van der Waals surface area contributed by atoms with Gasteiger partial charge >= 0.3 is 5.69 Å². The van der Waals surface area contributed by atoms with Crippen LogP contribution in [0.25, 0.3) is 0 Å². The molecule has 0 heterocycles. The average molecular weight is 318 g/mol. The molecule has 0 aliphatic heterocycles. The summed E-state index contributed by atoms with van der Waals surface area (Å²) in [5.74, 6) is -0.999. The second-order valence-corrected chi connectivity index (χ2v) is 5.02. The molecule has 0 aliphatic rings. The van der Waals surface area contributed by atoms with Gasteiger partial charge in [0.05, 0.1) is 4.92 Å². The van der Waals surface area contributed by atoms with Gasteiger partial charge in [-0.3, -0.25) is 14.9 Å². The van der Waals surface area contributed by atoms with Crippen LogP contribution in [0.3, 0.4) is 0 Å². The number of hydrogen-bond acceptors (Lipinski definition) is 4. The Labute approximate surface area is 132 Å². The van der Waals surface area contributed by atoms with E-state index < -0.39 is 23.3 Å². The van der Waals surface area contributed by atoms with Crippen molar-refractivity contribution in [1.82, 2.24) is 0 Å². The third-order valence-electron chi connectivity index (χ3n) is 3.14. The van der Waals surface area contributed by atoms with Gasteiger partial charge in [-0.15, -0.1) is 0 Å². The number of carbonyl (C=O) groups excluding carboxylic acids is 1. The SMILES string of the molecule is Cc1ccc(OCC(=O)Nc2cc(F)ccc2C)c([N+](=O)[O-])c1. The highest BCUT2D eigenvalue weighted by Crippen LogP contribution is 2.27. The second-order valence-electron chi connectivity index (χ2n) is 5.02. The minimum absolute atomic E-state index is 0.00622. The fraction of sp³-hybridized carbons (Fsp3) is 0.188. The highest BCUT2D eigenvalue weighted by molar-refractivity contribution is 5.92. The topological polar surface area (TPSA) is 81.5 Å². The van der Waals surface area contributed by atoms with Crippen LogP contribution >= 0.6 is 0 Å². The van der Waals surface area contributed by atoms with Gasteiger partial charge in [-0.2, -0.15) is 0 Å². The fourth-order valence-corrected chi connectivity index (χ4v) is 1.95. The molecule has 120 valence electrons. The van der Waals surface area contributed by atoms with Crippen LogP contribution in [-0.4, -0.2) is 17.4 Å². The first-order valence-electron chi connectivity index (χ1n) is 6.80. The van der Waals surface area contributed by atoms with Crippen molar-refractivity contribution in [1.29, 1.82) is 0 Å². The summed E-state index contributed by atoms with van der Waals surface area (Å²) in [6, 6.07) is 8.48. The fourth-order valence-electron chi connectivity index (χ4n) is 1.95. The molecule has 23 heavy (non-hydrogen) atoms. The van der Waals surface area contributed by atoms with Crippen LogP contribution in [-0.2, 0) is 4.79 Å². The van der Waals surface area contributed by atoms with E-state index in [2.05, 4.69) is 5.32 Å². The molecule has 0 saturated carbocycles. The Balaban J connectivity index is 2.05. The number of hydrogen-bond donors (Lipinski definition) is 1. The molecule has 1 N–H and O–H groups in total. The van der Waals surface area contributed by atoms with Crippen LogP contribution in [0, 0.1) is 29.8 Å². The van der Waals surface area contributed by atoms with E-state index in [1.165, 1.54) is 30.3 Å². The molecule has 0 saturated heterocycles. The van der Waals surface area contributed by atoms with E-state index in [-0.39, 0.29) is 11.4 Å². The Bertz CT molecular complexity index is 762. The van der Waals surface area contributed by atoms with Gasteiger partial charge in [0.15, 0.2) is 12.4 Å². The third kappa shape index (κ3) is 4.26. The van der Waals surface area contributed by atoms with Crippen molar-refractivity contribution in [3.8, 4) is 5.75 Å². The molecule has 0 unspecified atom stereocenters. The van der Waals surface area contributed by atoms with Crippen molar-refractivity contribution in [3.05, 3.63) is 63.5 Å². The number of anilines is 1. The van der Waals surface area contributed by atoms with E-state index in [0.29, 0.717) is 16.8 Å². The first kappa shape index (κ1) is 16.4. The lowest BCUT2D eigenvalue weighted by Crippen LogP contribution is -2.21. The van der Waals surface area contributed by atoms with Crippen LogP contribution < -0.4 is 10.1 Å². The van der Waals surface area contributed by atoms with Crippen molar-refractivity contribution >= 4 is 17.3 Å². The molecule has 6 nitrogen and oxygen atoms in total. The van der Waals surface area contributed by atoms with Crippen LogP contribution in [0.5, 0.6) is 5.75 Å². The zero-order valence-corrected chi connectivity index (χ0v) is 12.6. The monoisotopic (exact) mass is 318 g/mol. The molecule has 0 bridgehead atoms. The number of nitrogens with zero attached hydrogens (tertiary/aromatic N) is 1. The molecule has 2 aromatic carbocycles. The number of aryl methyl sites for hydroxylation is 2. The minimum atomic E-state index is -0.572. The Morgan fingerprint density at radius 3 is 2.70 bits per heavy atom. The van der Waals surface area contributed by atoms with Crippen LogP contribution in [0.2, 0.25) is 0 Å². The molecule has 1 amide bonds. The number of rotatable bonds is 5. The maximum Gasteiger partial charge on any atom is 0.311 e. The summed E-state index contributed by atoms with van der Waals surface area (Å²) in [5, 5.41) is 13.5. The molecule has 2 rings (SSSR count). The van der Waals surface area contributed by atoms with Gasteiger partial charge < -0.3 is 10.1 Å². The van der Waals surface area contributed by atoms with Crippen molar-refractivity contribution in [2.45, 2.75) is 13.8 Å². The van der Waals surface area contributed by atoms with Crippen molar-refractivity contribution in [2.24, 2.45) is 0 Å². The number of carbonyl (C=O) groups is 1. The van der Waals surface area contributed by atoms with Crippen LogP contribution in [0.1, 0.15) is 11.1 Å².